The number of Topliss-reactive ketones (excluding diaryl/α,β-unsaturated/α-hetero) is 1. The molecule has 3 N–H and O–H groups in total. The number of aliphatic hydroxyl groups excluding tert-OH is 1. The number of primary sulfonamides is 1. The summed E-state index contributed by atoms with van der Waals surface area (Å²) in [6.45, 7) is 0. The Labute approximate surface area is 200 Å². The van der Waals surface area contributed by atoms with E-state index in [2.05, 4.69) is 0 Å². The van der Waals surface area contributed by atoms with Crippen molar-refractivity contribution in [1.29, 1.82) is 0 Å². The number of benzene rings is 3. The van der Waals surface area contributed by atoms with Gasteiger partial charge in [-0.05, 0) is 48.0 Å². The third-order valence-corrected chi connectivity index (χ3v) is 6.69. The molecule has 8 nitrogen and oxygen atoms in total. The van der Waals surface area contributed by atoms with Gasteiger partial charge in [0, 0.05) is 11.3 Å². The molecule has 0 saturated carbocycles. The number of amides is 1. The highest BCUT2D eigenvalue weighted by molar-refractivity contribution is 7.89. The van der Waals surface area contributed by atoms with Gasteiger partial charge in [0.25, 0.3) is 11.7 Å². The Morgan fingerprint density at radius 2 is 1.68 bits per heavy atom. The average molecular weight is 499 g/mol. The van der Waals surface area contributed by atoms with Crippen LogP contribution in [0.15, 0.2) is 83.3 Å². The third kappa shape index (κ3) is 4.16. The van der Waals surface area contributed by atoms with Crippen LogP contribution in [0.25, 0.3) is 5.76 Å². The number of nitrogens with zero attached hydrogens (tertiary/aromatic N) is 1. The molecule has 1 fully saturated rings. The van der Waals surface area contributed by atoms with Gasteiger partial charge in [0.1, 0.15) is 11.5 Å². The van der Waals surface area contributed by atoms with Gasteiger partial charge in [0.2, 0.25) is 10.0 Å². The molecule has 0 radical (unpaired) electrons. The van der Waals surface area contributed by atoms with E-state index in [0.717, 1.165) is 0 Å². The van der Waals surface area contributed by atoms with Crippen molar-refractivity contribution in [2.24, 2.45) is 5.14 Å². The number of halogens is 1. The predicted octanol–water partition coefficient (Wildman–Crippen LogP) is 3.62. The van der Waals surface area contributed by atoms with Gasteiger partial charge in [-0.25, -0.2) is 13.6 Å². The summed E-state index contributed by atoms with van der Waals surface area (Å²) in [5.74, 6) is -1.87. The molecule has 0 aromatic heterocycles. The Morgan fingerprint density at radius 3 is 2.26 bits per heavy atom. The van der Waals surface area contributed by atoms with Crippen LogP contribution in [0.3, 0.4) is 0 Å². The maximum Gasteiger partial charge on any atom is 0.300 e. The smallest absolute Gasteiger partial charge is 0.300 e. The minimum absolute atomic E-state index is 0.129. The molecule has 1 amide bonds. The molecule has 1 unspecified atom stereocenters. The molecule has 1 atom stereocenters. The third-order valence-electron chi connectivity index (χ3n) is 5.43. The summed E-state index contributed by atoms with van der Waals surface area (Å²) in [5.41, 5.74) is 0.767. The highest BCUT2D eigenvalue weighted by Crippen LogP contribution is 2.43. The first-order valence-corrected chi connectivity index (χ1v) is 11.9. The topological polar surface area (TPSA) is 127 Å². The first-order chi connectivity index (χ1) is 16.1. The van der Waals surface area contributed by atoms with E-state index in [1.807, 2.05) is 0 Å². The Balaban J connectivity index is 1.94. The second-order valence-corrected chi connectivity index (χ2v) is 9.43. The van der Waals surface area contributed by atoms with Gasteiger partial charge in [-0.2, -0.15) is 0 Å². The number of rotatable bonds is 5. The van der Waals surface area contributed by atoms with Crippen molar-refractivity contribution in [1.82, 2.24) is 0 Å². The molecule has 0 spiro atoms. The van der Waals surface area contributed by atoms with E-state index in [0.29, 0.717) is 11.3 Å². The molecule has 0 aliphatic carbocycles. The van der Waals surface area contributed by atoms with Crippen molar-refractivity contribution in [3.05, 3.63) is 94.5 Å². The molecule has 1 aliphatic heterocycles. The van der Waals surface area contributed by atoms with Crippen LogP contribution in [0.5, 0.6) is 5.75 Å². The summed E-state index contributed by atoms with van der Waals surface area (Å²) in [4.78, 5) is 27.4. The molecule has 3 aromatic rings. The maximum atomic E-state index is 13.2. The van der Waals surface area contributed by atoms with Gasteiger partial charge < -0.3 is 9.84 Å². The molecule has 4 rings (SSSR count). The van der Waals surface area contributed by atoms with Gasteiger partial charge >= 0.3 is 0 Å². The molecule has 174 valence electrons. The minimum atomic E-state index is -3.95. The van der Waals surface area contributed by atoms with Crippen LogP contribution >= 0.6 is 11.6 Å². The summed E-state index contributed by atoms with van der Waals surface area (Å²) in [6.07, 6.45) is 0. The van der Waals surface area contributed by atoms with E-state index >= 15 is 0 Å². The number of sulfonamides is 1. The van der Waals surface area contributed by atoms with Crippen molar-refractivity contribution in [2.75, 3.05) is 12.0 Å². The molecular weight excluding hydrogens is 480 g/mol. The monoisotopic (exact) mass is 498 g/mol. The van der Waals surface area contributed by atoms with Crippen LogP contribution in [0.1, 0.15) is 17.2 Å². The number of nitrogens with two attached hydrogens (primary N) is 1. The summed E-state index contributed by atoms with van der Waals surface area (Å²) in [6, 6.07) is 17.5. The van der Waals surface area contributed by atoms with Crippen molar-refractivity contribution in [3.63, 3.8) is 0 Å². The lowest BCUT2D eigenvalue weighted by molar-refractivity contribution is -0.132. The zero-order valence-corrected chi connectivity index (χ0v) is 19.4. The molecule has 34 heavy (non-hydrogen) atoms. The molecule has 1 saturated heterocycles. The summed E-state index contributed by atoms with van der Waals surface area (Å²) >= 11 is 6.29. The first-order valence-electron chi connectivity index (χ1n) is 9.96. The van der Waals surface area contributed by atoms with Crippen LogP contribution in [0.4, 0.5) is 5.69 Å². The number of anilines is 1. The van der Waals surface area contributed by atoms with Crippen LogP contribution < -0.4 is 14.8 Å². The Hall–Kier alpha value is -3.66. The largest absolute Gasteiger partial charge is 0.507 e. The SMILES string of the molecule is COc1ccc(Cl)c(/C(O)=C2\C(=O)C(=O)N(c3ccc(S(N)(=O)=O)cc3)C2c2ccccc2)c1. The number of carbonyl (C=O) groups is 2. The Bertz CT molecular complexity index is 1420. The van der Waals surface area contributed by atoms with Gasteiger partial charge in [-0.15, -0.1) is 0 Å². The number of ketones is 1. The number of hydrogen-bond acceptors (Lipinski definition) is 6. The van der Waals surface area contributed by atoms with E-state index in [1.54, 1.807) is 36.4 Å². The summed E-state index contributed by atoms with van der Waals surface area (Å²) in [5, 5.41) is 16.5. The van der Waals surface area contributed by atoms with Crippen LogP contribution in [0.2, 0.25) is 5.02 Å². The van der Waals surface area contributed by atoms with Crippen molar-refractivity contribution in [3.8, 4) is 5.75 Å². The zero-order valence-electron chi connectivity index (χ0n) is 17.8. The minimum Gasteiger partial charge on any atom is -0.507 e. The molecule has 10 heteroatoms. The quantitative estimate of drug-likeness (QED) is 0.314. The van der Waals surface area contributed by atoms with Gasteiger partial charge in [-0.3, -0.25) is 14.5 Å². The molecule has 0 bridgehead atoms. The molecule has 1 aliphatic rings. The number of ether oxygens (including phenoxy) is 1. The van der Waals surface area contributed by atoms with Crippen LogP contribution in [0, 0.1) is 0 Å². The number of hydrogen-bond donors (Lipinski definition) is 2. The lowest BCUT2D eigenvalue weighted by Gasteiger charge is -2.25. The normalized spacial score (nSPS) is 17.7. The van der Waals surface area contributed by atoms with E-state index in [-0.39, 0.29) is 26.7 Å². The number of carbonyl (C=O) groups excluding carboxylic acids is 2. The molecule has 3 aromatic carbocycles. The average Bonchev–Trinajstić information content (AvgIpc) is 3.09. The van der Waals surface area contributed by atoms with Crippen molar-refractivity contribution >= 4 is 44.8 Å². The van der Waals surface area contributed by atoms with E-state index in [4.69, 9.17) is 21.5 Å². The van der Waals surface area contributed by atoms with Gasteiger partial charge in [0.05, 0.1) is 28.6 Å². The predicted molar refractivity (Wildman–Crippen MR) is 127 cm³/mol. The van der Waals surface area contributed by atoms with E-state index < -0.39 is 33.5 Å². The first kappa shape index (κ1) is 23.5. The van der Waals surface area contributed by atoms with Gasteiger partial charge in [0.15, 0.2) is 0 Å². The van der Waals surface area contributed by atoms with Crippen molar-refractivity contribution in [2.45, 2.75) is 10.9 Å². The summed E-state index contributed by atoms with van der Waals surface area (Å²) < 4.78 is 28.5. The number of aliphatic hydroxyl groups is 1. The second kappa shape index (κ2) is 8.94. The fourth-order valence-corrected chi connectivity index (χ4v) is 4.53. The van der Waals surface area contributed by atoms with E-state index in [1.165, 1.54) is 48.4 Å². The highest BCUT2D eigenvalue weighted by atomic mass is 35.5. The Kier molecular flexibility index (Phi) is 6.18. The lowest BCUT2D eigenvalue weighted by Crippen LogP contribution is -2.29. The summed E-state index contributed by atoms with van der Waals surface area (Å²) in [7, 11) is -2.51. The fourth-order valence-electron chi connectivity index (χ4n) is 3.80. The van der Waals surface area contributed by atoms with E-state index in [9.17, 15) is 23.1 Å². The maximum absolute atomic E-state index is 13.2. The Morgan fingerprint density at radius 1 is 1.03 bits per heavy atom. The lowest BCUT2D eigenvalue weighted by atomic mass is 9.95. The second-order valence-electron chi connectivity index (χ2n) is 7.46. The van der Waals surface area contributed by atoms with Crippen LogP contribution in [-0.4, -0.2) is 32.3 Å². The number of methoxy groups -OCH3 is 1. The zero-order chi connectivity index (χ0) is 24.6. The van der Waals surface area contributed by atoms with Crippen molar-refractivity contribution < 1.29 is 27.9 Å². The molecular formula is C24H19ClN2O6S. The van der Waals surface area contributed by atoms with Crippen LogP contribution in [-0.2, 0) is 19.6 Å². The fraction of sp³-hybridized carbons (Fsp3) is 0.0833. The van der Waals surface area contributed by atoms with Gasteiger partial charge in [-0.1, -0.05) is 41.9 Å². The highest BCUT2D eigenvalue weighted by Gasteiger charge is 2.47. The molecule has 1 heterocycles. The standard InChI is InChI=1S/C24H19ClN2O6S/c1-33-16-9-12-19(25)18(13-16)22(28)20-21(14-5-3-2-4-6-14)27(24(30)23(20)29)15-7-10-17(11-8-15)34(26,31)32/h2-13,21,28H,1H3,(H2,26,31,32)/b22-20+.